The lowest BCUT2D eigenvalue weighted by molar-refractivity contribution is -0.157. The molecule has 0 spiro atoms. The van der Waals surface area contributed by atoms with Gasteiger partial charge in [0.2, 0.25) is 10.0 Å². The summed E-state index contributed by atoms with van der Waals surface area (Å²) in [7, 11) is -3.45. The van der Waals surface area contributed by atoms with Gasteiger partial charge >= 0.3 is 5.97 Å². The Kier molecular flexibility index (Phi) is 6.42. The molecule has 178 valence electrons. The largest absolute Gasteiger partial charge is 0.460 e. The number of rotatable bonds is 9. The number of benzene rings is 1. The predicted molar refractivity (Wildman–Crippen MR) is 128 cm³/mol. The first kappa shape index (κ1) is 24.3. The average molecular weight is 501 g/mol. The standard InChI is InChI=1S/C23H33ClN2O4S2/c1-5-26(6-2)32(28,29)15-22-12-11-16(21(22,3)4)13-19(22)30-20(27)23(14-25-23)31-18-9-7-17(24)8-10-18/h7-10,16,19,25H,5-6,11-15H2,1-4H3/t16-,19-,22+,23+/m1/s1. The second kappa shape index (κ2) is 8.45. The first-order valence-corrected chi connectivity index (χ1v) is 14.2. The van der Waals surface area contributed by atoms with Gasteiger partial charge in [0.1, 0.15) is 6.10 Å². The molecule has 2 saturated carbocycles. The van der Waals surface area contributed by atoms with Crippen LogP contribution in [0, 0.1) is 16.7 Å². The highest BCUT2D eigenvalue weighted by molar-refractivity contribution is 8.01. The molecule has 2 bridgehead atoms. The molecule has 3 fully saturated rings. The van der Waals surface area contributed by atoms with Crippen LogP contribution in [0.15, 0.2) is 29.2 Å². The molecule has 0 unspecified atom stereocenters. The fourth-order valence-electron chi connectivity index (χ4n) is 5.81. The van der Waals surface area contributed by atoms with Gasteiger partial charge in [-0.1, -0.05) is 51.1 Å². The van der Waals surface area contributed by atoms with Crippen LogP contribution in [-0.4, -0.2) is 55.1 Å². The van der Waals surface area contributed by atoms with Crippen LogP contribution in [0.25, 0.3) is 0 Å². The van der Waals surface area contributed by atoms with Gasteiger partial charge in [0.05, 0.1) is 5.75 Å². The quantitative estimate of drug-likeness (QED) is 0.405. The summed E-state index contributed by atoms with van der Waals surface area (Å²) in [6.07, 6.45) is 2.10. The number of halogens is 1. The highest BCUT2D eigenvalue weighted by Gasteiger charge is 2.68. The zero-order valence-electron chi connectivity index (χ0n) is 19.2. The molecule has 1 saturated heterocycles. The Morgan fingerprint density at radius 2 is 1.88 bits per heavy atom. The molecule has 0 radical (unpaired) electrons. The number of fused-ring (bicyclic) bond motifs is 2. The zero-order chi connectivity index (χ0) is 23.4. The Morgan fingerprint density at radius 3 is 2.41 bits per heavy atom. The van der Waals surface area contributed by atoms with Crippen molar-refractivity contribution in [3.63, 3.8) is 0 Å². The van der Waals surface area contributed by atoms with E-state index < -0.39 is 20.3 Å². The van der Waals surface area contributed by atoms with Crippen LogP contribution in [0.4, 0.5) is 0 Å². The Labute approximate surface area is 200 Å². The summed E-state index contributed by atoms with van der Waals surface area (Å²) in [6, 6.07) is 7.38. The summed E-state index contributed by atoms with van der Waals surface area (Å²) >= 11 is 7.41. The molecule has 9 heteroatoms. The molecule has 2 aliphatic carbocycles. The molecule has 0 aromatic heterocycles. The van der Waals surface area contributed by atoms with Gasteiger partial charge < -0.3 is 4.74 Å². The fourth-order valence-corrected chi connectivity index (χ4v) is 9.28. The van der Waals surface area contributed by atoms with Crippen LogP contribution in [0.5, 0.6) is 0 Å². The first-order valence-electron chi connectivity index (χ1n) is 11.4. The van der Waals surface area contributed by atoms with Crippen molar-refractivity contribution in [2.75, 3.05) is 25.4 Å². The third-order valence-electron chi connectivity index (χ3n) is 8.08. The highest BCUT2D eigenvalue weighted by atomic mass is 35.5. The number of ether oxygens (including phenoxy) is 1. The maximum absolute atomic E-state index is 13.3. The number of nitrogens with zero attached hydrogens (tertiary/aromatic N) is 1. The van der Waals surface area contributed by atoms with Crippen LogP contribution in [0.2, 0.25) is 5.02 Å². The predicted octanol–water partition coefficient (Wildman–Crippen LogP) is 4.14. The second-order valence-electron chi connectivity index (χ2n) is 9.82. The number of hydrogen-bond donors (Lipinski definition) is 1. The molecule has 1 N–H and O–H groups in total. The van der Waals surface area contributed by atoms with Gasteiger partial charge in [-0.05, 0) is 54.9 Å². The van der Waals surface area contributed by atoms with E-state index in [0.29, 0.717) is 30.6 Å². The monoisotopic (exact) mass is 500 g/mol. The van der Waals surface area contributed by atoms with E-state index in [1.54, 1.807) is 12.1 Å². The van der Waals surface area contributed by atoms with Gasteiger partial charge in [0, 0.05) is 35.0 Å². The number of nitrogens with one attached hydrogen (secondary N) is 1. The van der Waals surface area contributed by atoms with E-state index in [2.05, 4.69) is 19.2 Å². The van der Waals surface area contributed by atoms with Crippen molar-refractivity contribution in [2.45, 2.75) is 62.8 Å². The normalized spacial score (nSPS) is 32.9. The Hall–Kier alpha value is -0.800. The van der Waals surface area contributed by atoms with E-state index in [4.69, 9.17) is 16.3 Å². The van der Waals surface area contributed by atoms with Gasteiger partial charge in [-0.25, -0.2) is 17.5 Å². The van der Waals surface area contributed by atoms with Gasteiger partial charge in [0.25, 0.3) is 0 Å². The summed E-state index contributed by atoms with van der Waals surface area (Å²) in [4.78, 5) is 13.4. The smallest absolute Gasteiger partial charge is 0.338 e. The van der Waals surface area contributed by atoms with E-state index in [9.17, 15) is 13.2 Å². The Bertz CT molecular complexity index is 974. The van der Waals surface area contributed by atoms with E-state index in [1.807, 2.05) is 26.0 Å². The summed E-state index contributed by atoms with van der Waals surface area (Å²) in [5, 5.41) is 3.82. The maximum atomic E-state index is 13.3. The molecule has 1 aromatic rings. The summed E-state index contributed by atoms with van der Waals surface area (Å²) < 4.78 is 34.3. The van der Waals surface area contributed by atoms with Crippen molar-refractivity contribution in [3.05, 3.63) is 29.3 Å². The molecule has 1 aliphatic heterocycles. The molecule has 1 heterocycles. The average Bonchev–Trinajstić information content (AvgIpc) is 3.43. The lowest BCUT2D eigenvalue weighted by Crippen LogP contribution is -2.50. The van der Waals surface area contributed by atoms with Crippen molar-refractivity contribution in [3.8, 4) is 0 Å². The molecule has 1 aromatic carbocycles. The highest BCUT2D eigenvalue weighted by Crippen LogP contribution is 2.67. The topological polar surface area (TPSA) is 85.6 Å². The zero-order valence-corrected chi connectivity index (χ0v) is 21.6. The number of carbonyl (C=O) groups excluding carboxylic acids is 1. The van der Waals surface area contributed by atoms with Gasteiger partial charge in [-0.3, -0.25) is 5.32 Å². The maximum Gasteiger partial charge on any atom is 0.338 e. The van der Waals surface area contributed by atoms with E-state index in [-0.39, 0.29) is 23.2 Å². The lowest BCUT2D eigenvalue weighted by atomic mass is 9.69. The van der Waals surface area contributed by atoms with Crippen molar-refractivity contribution in [2.24, 2.45) is 16.7 Å². The minimum absolute atomic E-state index is 0.0356. The van der Waals surface area contributed by atoms with Crippen LogP contribution in [0.1, 0.15) is 47.0 Å². The molecule has 3 aliphatic rings. The van der Waals surface area contributed by atoms with Crippen molar-refractivity contribution < 1.29 is 17.9 Å². The number of thioether (sulfide) groups is 1. The van der Waals surface area contributed by atoms with Crippen LogP contribution in [0.3, 0.4) is 0 Å². The summed E-state index contributed by atoms with van der Waals surface area (Å²) in [6.45, 7) is 9.48. The molecule has 4 atom stereocenters. The summed E-state index contributed by atoms with van der Waals surface area (Å²) in [5.41, 5.74) is -0.762. The minimum atomic E-state index is -3.45. The number of hydrogen-bond acceptors (Lipinski definition) is 6. The van der Waals surface area contributed by atoms with Crippen molar-refractivity contribution >= 4 is 39.4 Å². The van der Waals surface area contributed by atoms with E-state index in [1.165, 1.54) is 16.1 Å². The SMILES string of the molecule is CCN(CC)S(=O)(=O)C[C@@]12CC[C@H](C[C@H]1OC(=O)[C@@]1(Sc3ccc(Cl)cc3)CN1)C2(C)C. The lowest BCUT2D eigenvalue weighted by Gasteiger charge is -2.42. The second-order valence-corrected chi connectivity index (χ2v) is 13.6. The number of esters is 1. The van der Waals surface area contributed by atoms with Gasteiger partial charge in [0.15, 0.2) is 4.87 Å². The van der Waals surface area contributed by atoms with Crippen molar-refractivity contribution in [1.82, 2.24) is 9.62 Å². The molecule has 4 rings (SSSR count). The first-order chi connectivity index (χ1) is 15.0. The van der Waals surface area contributed by atoms with E-state index >= 15 is 0 Å². The van der Waals surface area contributed by atoms with E-state index in [0.717, 1.165) is 24.2 Å². The van der Waals surface area contributed by atoms with Crippen molar-refractivity contribution in [1.29, 1.82) is 0 Å². The van der Waals surface area contributed by atoms with Crippen LogP contribution >= 0.6 is 23.4 Å². The fraction of sp³-hybridized carbons (Fsp3) is 0.696. The molecular weight excluding hydrogens is 468 g/mol. The third-order valence-corrected chi connectivity index (χ3v) is 11.8. The third kappa shape index (κ3) is 4.00. The molecule has 0 amide bonds. The molecular formula is C23H33ClN2O4S2. The number of carbonyl (C=O) groups is 1. The molecule has 6 nitrogen and oxygen atoms in total. The Morgan fingerprint density at radius 1 is 1.25 bits per heavy atom. The van der Waals surface area contributed by atoms with Crippen LogP contribution < -0.4 is 5.32 Å². The molecule has 32 heavy (non-hydrogen) atoms. The number of sulfonamides is 1. The Balaban J connectivity index is 1.55. The van der Waals surface area contributed by atoms with Gasteiger partial charge in [-0.15, -0.1) is 0 Å². The summed E-state index contributed by atoms with van der Waals surface area (Å²) in [5.74, 6) is 0.0955. The minimum Gasteiger partial charge on any atom is -0.460 e. The van der Waals surface area contributed by atoms with Gasteiger partial charge in [-0.2, -0.15) is 0 Å². The van der Waals surface area contributed by atoms with Crippen LogP contribution in [-0.2, 0) is 19.6 Å².